The minimum absolute atomic E-state index is 0.0132. The normalized spacial score (nSPS) is 16.7. The van der Waals surface area contributed by atoms with E-state index in [1.54, 1.807) is 70.1 Å². The van der Waals surface area contributed by atoms with Crippen molar-refractivity contribution in [2.24, 2.45) is 32.4 Å². The predicted molar refractivity (Wildman–Crippen MR) is 463 cm³/mol. The van der Waals surface area contributed by atoms with E-state index in [2.05, 4.69) is 259 Å². The molecule has 114 heavy (non-hydrogen) atoms. The quantitative estimate of drug-likeness (QED) is 0.0756. The van der Waals surface area contributed by atoms with Crippen LogP contribution in [-0.2, 0) is 32.6 Å². The van der Waals surface area contributed by atoms with Crippen LogP contribution < -0.4 is 45.3 Å². The summed E-state index contributed by atoms with van der Waals surface area (Å²) in [6.07, 6.45) is 31.4. The molecule has 12 aromatic rings. The first-order valence-electron chi connectivity index (χ1n) is 38.1. The molecule has 16 rings (SSSR count). The number of dihydropyridines is 2. The van der Waals surface area contributed by atoms with E-state index in [4.69, 9.17) is 34.4 Å². The van der Waals surface area contributed by atoms with Crippen molar-refractivity contribution in [2.45, 2.75) is 235 Å². The molecule has 4 aliphatic rings. The number of nitrogen functional groups attached to an aromatic ring is 4. The van der Waals surface area contributed by atoms with E-state index >= 15 is 0 Å². The van der Waals surface area contributed by atoms with E-state index in [1.165, 1.54) is 11.4 Å². The van der Waals surface area contributed by atoms with Gasteiger partial charge in [-0.25, -0.2) is 43.9 Å². The van der Waals surface area contributed by atoms with Gasteiger partial charge in [0.1, 0.15) is 36.3 Å². The molecule has 16 heterocycles. The zero-order valence-electron chi connectivity index (χ0n) is 71.4. The lowest BCUT2D eigenvalue weighted by atomic mass is 9.89. The molecule has 31 nitrogen and oxygen atoms in total. The number of aliphatic imine (C=N–C) groups is 3. The number of hydrogen-bond acceptors (Lipinski definition) is 24. The molecular weight excluding hydrogens is 1430 g/mol. The molecule has 12 aromatic heterocycles. The number of fused-ring (bicyclic) bond motifs is 8. The lowest BCUT2D eigenvalue weighted by molar-refractivity contribution is 0.149. The number of rotatable bonds is 1. The average Bonchev–Trinajstić information content (AvgIpc) is 1.62. The molecule has 31 heteroatoms. The van der Waals surface area contributed by atoms with Gasteiger partial charge in [-0.3, -0.25) is 19.8 Å². The number of anilines is 5. The van der Waals surface area contributed by atoms with Gasteiger partial charge in [-0.1, -0.05) is 110 Å². The van der Waals surface area contributed by atoms with Gasteiger partial charge in [-0.2, -0.15) is 29.4 Å². The first kappa shape index (κ1) is 85.9. The zero-order valence-corrected chi connectivity index (χ0v) is 71.4. The lowest BCUT2D eigenvalue weighted by Crippen LogP contribution is -2.48. The number of nitrogens with zero attached hydrogens (tertiary/aromatic N) is 22. The summed E-state index contributed by atoms with van der Waals surface area (Å²) in [7, 11) is 1.82. The Hall–Kier alpha value is -12.1. The maximum absolute atomic E-state index is 11.6. The highest BCUT2D eigenvalue weighted by Crippen LogP contribution is 2.35. The van der Waals surface area contributed by atoms with E-state index in [0.717, 1.165) is 67.7 Å². The van der Waals surface area contributed by atoms with Crippen LogP contribution in [0.3, 0.4) is 0 Å². The van der Waals surface area contributed by atoms with Gasteiger partial charge in [0.25, 0.3) is 5.56 Å². The molecule has 0 spiro atoms. The Labute approximate surface area is 668 Å². The highest BCUT2D eigenvalue weighted by molar-refractivity contribution is 5.77. The Bertz CT molecular complexity index is 5170. The predicted octanol–water partition coefficient (Wildman–Crippen LogP) is 12.5. The molecule has 4 aliphatic heterocycles. The van der Waals surface area contributed by atoms with Crippen LogP contribution in [0.1, 0.15) is 200 Å². The van der Waals surface area contributed by atoms with Crippen LogP contribution in [0.4, 0.5) is 28.8 Å². The second-order valence-corrected chi connectivity index (χ2v) is 36.5. The first-order chi connectivity index (χ1) is 52.9. The van der Waals surface area contributed by atoms with Gasteiger partial charge in [-0.05, 0) is 141 Å². The molecule has 4 unspecified atom stereocenters. The van der Waals surface area contributed by atoms with Crippen molar-refractivity contribution < 1.29 is 0 Å². The van der Waals surface area contributed by atoms with Crippen LogP contribution in [0.25, 0.3) is 39.3 Å². The van der Waals surface area contributed by atoms with Crippen LogP contribution >= 0.6 is 0 Å². The van der Waals surface area contributed by atoms with Crippen LogP contribution in [0.5, 0.6) is 0 Å². The number of nitrogens with one attached hydrogen (secondary N) is 2. The maximum atomic E-state index is 11.6. The van der Waals surface area contributed by atoms with Gasteiger partial charge in [0.15, 0.2) is 33.8 Å². The van der Waals surface area contributed by atoms with Crippen LogP contribution in [0, 0.1) is 12.8 Å². The third kappa shape index (κ3) is 19.5. The molecule has 14 N–H and O–H groups in total. The Morgan fingerprint density at radius 3 is 1.63 bits per heavy atom. The summed E-state index contributed by atoms with van der Waals surface area (Å²) in [6, 6.07) is 13.2. The van der Waals surface area contributed by atoms with Crippen molar-refractivity contribution in [1.82, 2.24) is 97.1 Å². The number of aromatic amines is 1. The van der Waals surface area contributed by atoms with Crippen LogP contribution in [0.2, 0.25) is 0 Å². The van der Waals surface area contributed by atoms with Gasteiger partial charge in [0.05, 0.1) is 71.6 Å². The second kappa shape index (κ2) is 32.9. The molecule has 0 bridgehead atoms. The summed E-state index contributed by atoms with van der Waals surface area (Å²) in [5.74, 6) is 2.19. The minimum atomic E-state index is -0.180. The van der Waals surface area contributed by atoms with Gasteiger partial charge in [-0.15, -0.1) is 0 Å². The van der Waals surface area contributed by atoms with E-state index < -0.39 is 0 Å². The van der Waals surface area contributed by atoms with Crippen LogP contribution in [0.15, 0.2) is 160 Å². The number of nitrogens with two attached hydrogens (primary N) is 6. The Morgan fingerprint density at radius 2 is 1.04 bits per heavy atom. The number of aromatic nitrogens is 18. The summed E-state index contributed by atoms with van der Waals surface area (Å²) in [6.45, 7) is 53.1. The van der Waals surface area contributed by atoms with Crippen molar-refractivity contribution in [3.63, 3.8) is 0 Å². The SMILES string of the molecule is CC(C)(C)N1C=CC2C(N)=CC=NC21.CC(C)(C)N1C=NC2C(N)=CC=NC21.CC(C)(C)c1ccc2c(N)ccnn12.CC(C)(C)c1cnc2c(N)cccn12.CC(C)(C)c1cnc2c(N)ccnn12.CC(C)(C)c1cnn2c(N)ccnc12.CNc1ncnc2c(C(C)(C)C)cnn12.Cc1nc2c(ncn2C(C)(C)C)c(=O)[nH]1. The molecule has 0 amide bonds. The van der Waals surface area contributed by atoms with Crippen molar-refractivity contribution in [3.8, 4) is 0 Å². The van der Waals surface area contributed by atoms with E-state index in [1.807, 2.05) is 117 Å². The van der Waals surface area contributed by atoms with Crippen molar-refractivity contribution in [1.29, 1.82) is 0 Å². The van der Waals surface area contributed by atoms with Crippen molar-refractivity contribution in [2.75, 3.05) is 35.3 Å². The fourth-order valence-electron chi connectivity index (χ4n) is 12.8. The van der Waals surface area contributed by atoms with E-state index in [-0.39, 0.29) is 73.5 Å². The van der Waals surface area contributed by atoms with E-state index in [0.29, 0.717) is 34.4 Å². The van der Waals surface area contributed by atoms with Gasteiger partial charge < -0.3 is 63.5 Å². The average molecular weight is 1550 g/mol. The Morgan fingerprint density at radius 1 is 0.474 bits per heavy atom. The van der Waals surface area contributed by atoms with Gasteiger partial charge >= 0.3 is 0 Å². The molecule has 0 aromatic carbocycles. The van der Waals surface area contributed by atoms with E-state index in [9.17, 15) is 4.79 Å². The molecule has 0 saturated carbocycles. The fourth-order valence-corrected chi connectivity index (χ4v) is 12.8. The number of imidazole rings is 3. The molecule has 608 valence electrons. The standard InChI is InChI=1S/C11H17N3.2C11H15N3.C10H15N5.C10H14N4O.C10H14N4.C10H16N4.C10H14N4/c1-11(2,3)14-7-5-8-9(12)4-6-13-10(8)14;1-11(2,3)10-5-4-9-8(12)6-7-13-14(9)10;1-11(2,3)9-7-13-10-8(12)5-4-6-14(9)10;1-10(2,3)7-5-14-15-8(7)12-6-13-9(15)11-4;1-6-12-8-7(9(15)13-6)11-5-14(8)10(2,3)4;1-10(2,3)7-6-13-14-8(11)4-5-12-9(7)14;1-10(2,3)14-6-13-8-7(11)4-5-12-9(8)14;1-10(2,3)8-6-12-9-7(11)4-5-13-14(8)9/h4-8,10H,12H2,1-3H3;2*4-7H,12H2,1-3H3;5-6H,1-4H3,(H,11,12,13);5H,1-4H3,(H,12,13,15);4-6H,11H2,1-3H3;4-6,8-9H,11H2,1-3H3;4-6H,11H2,1-3H3. The second-order valence-electron chi connectivity index (χ2n) is 36.5. The zero-order chi connectivity index (χ0) is 84.3. The molecule has 0 fully saturated rings. The molecule has 4 atom stereocenters. The third-order valence-corrected chi connectivity index (χ3v) is 19.0. The lowest BCUT2D eigenvalue weighted by Gasteiger charge is -2.38. The molecule has 0 radical (unpaired) electrons. The highest BCUT2D eigenvalue weighted by atomic mass is 16.1. The first-order valence-corrected chi connectivity index (χ1v) is 38.1. The molecular formula is C83H120N30O. The summed E-state index contributed by atoms with van der Waals surface area (Å²) >= 11 is 0. The summed E-state index contributed by atoms with van der Waals surface area (Å²) < 4.78 is 11.1. The van der Waals surface area contributed by atoms with Gasteiger partial charge in [0, 0.05) is 111 Å². The minimum Gasteiger partial charge on any atom is -0.401 e. The Kier molecular flexibility index (Phi) is 24.8. The summed E-state index contributed by atoms with van der Waals surface area (Å²) in [5, 5.41) is 20.0. The number of hydrogen-bond donors (Lipinski definition) is 8. The largest absolute Gasteiger partial charge is 0.401 e. The van der Waals surface area contributed by atoms with Gasteiger partial charge in [0.2, 0.25) is 5.95 Å². The number of allylic oxidation sites excluding steroid dienone is 2. The number of aryl methyl sites for hydroxylation is 1. The summed E-state index contributed by atoms with van der Waals surface area (Å²) in [4.78, 5) is 61.5. The number of H-pyrrole nitrogens is 1. The molecule has 0 saturated heterocycles. The monoisotopic (exact) mass is 1550 g/mol. The Balaban J connectivity index is 0.000000149. The molecule has 0 aliphatic carbocycles. The maximum Gasteiger partial charge on any atom is 0.279 e. The number of pyridine rings is 1. The van der Waals surface area contributed by atoms with Crippen molar-refractivity contribution in [3.05, 3.63) is 185 Å². The van der Waals surface area contributed by atoms with Crippen LogP contribution in [-0.4, -0.2) is 152 Å². The van der Waals surface area contributed by atoms with Crippen molar-refractivity contribution >= 4 is 86.9 Å². The highest BCUT2D eigenvalue weighted by Gasteiger charge is 2.39. The topological polar surface area (TPSA) is 413 Å². The smallest absolute Gasteiger partial charge is 0.279 e. The fraction of sp³-hybridized carbons (Fsp3) is 0.458. The summed E-state index contributed by atoms with van der Waals surface area (Å²) in [5.41, 5.74) is 50.0. The third-order valence-electron chi connectivity index (χ3n) is 19.0.